The summed E-state index contributed by atoms with van der Waals surface area (Å²) in [6.45, 7) is 8.21. The number of aromatic nitrogens is 4. The van der Waals surface area contributed by atoms with Gasteiger partial charge in [0.05, 0.1) is 29.1 Å². The Bertz CT molecular complexity index is 1140. The van der Waals surface area contributed by atoms with Gasteiger partial charge in [-0.15, -0.1) is 0 Å². The molecule has 0 N–H and O–H groups in total. The zero-order valence-corrected chi connectivity index (χ0v) is 17.1. The highest BCUT2D eigenvalue weighted by molar-refractivity contribution is 5.81. The maximum Gasteiger partial charge on any atom is 0.268 e. The number of rotatable bonds is 4. The lowest BCUT2D eigenvalue weighted by Gasteiger charge is -2.36. The van der Waals surface area contributed by atoms with E-state index >= 15 is 0 Å². The van der Waals surface area contributed by atoms with Crippen LogP contribution in [0.2, 0.25) is 0 Å². The second-order valence-corrected chi connectivity index (χ2v) is 7.81. The molecule has 1 aliphatic heterocycles. The van der Waals surface area contributed by atoms with Crippen LogP contribution in [-0.4, -0.2) is 50.2 Å². The molecule has 0 radical (unpaired) electrons. The van der Waals surface area contributed by atoms with Gasteiger partial charge in [0.1, 0.15) is 0 Å². The monoisotopic (exact) mass is 394 g/mol. The molecule has 0 aliphatic carbocycles. The molecule has 8 nitrogen and oxygen atoms in total. The van der Waals surface area contributed by atoms with Crippen molar-refractivity contribution >= 4 is 16.6 Å². The van der Waals surface area contributed by atoms with Gasteiger partial charge in [-0.3, -0.25) is 24.0 Å². The number of piperazine rings is 1. The van der Waals surface area contributed by atoms with Crippen molar-refractivity contribution < 1.29 is 0 Å². The van der Waals surface area contributed by atoms with Gasteiger partial charge < -0.3 is 9.47 Å². The van der Waals surface area contributed by atoms with Crippen molar-refractivity contribution in [3.05, 3.63) is 63.3 Å². The molecule has 1 aliphatic rings. The SMILES string of the molecule is CC(C)n1cnc2cc(N3CCN(Cc4cncc(=O)n4C)CC3)ccc2c1=O. The van der Waals surface area contributed by atoms with Crippen LogP contribution in [0.25, 0.3) is 10.9 Å². The molecule has 0 spiro atoms. The molecule has 29 heavy (non-hydrogen) atoms. The van der Waals surface area contributed by atoms with Gasteiger partial charge in [-0.05, 0) is 32.0 Å². The molecule has 1 saturated heterocycles. The molecule has 0 atom stereocenters. The van der Waals surface area contributed by atoms with Gasteiger partial charge in [-0.1, -0.05) is 0 Å². The molecule has 0 amide bonds. The number of nitrogens with zero attached hydrogens (tertiary/aromatic N) is 6. The van der Waals surface area contributed by atoms with E-state index in [0.29, 0.717) is 11.9 Å². The average molecular weight is 394 g/mol. The minimum Gasteiger partial charge on any atom is -0.369 e. The lowest BCUT2D eigenvalue weighted by Crippen LogP contribution is -2.46. The molecule has 8 heteroatoms. The fourth-order valence-corrected chi connectivity index (χ4v) is 3.73. The van der Waals surface area contributed by atoms with E-state index in [1.807, 2.05) is 32.0 Å². The van der Waals surface area contributed by atoms with Gasteiger partial charge in [0.2, 0.25) is 0 Å². The van der Waals surface area contributed by atoms with Gasteiger partial charge in [0.15, 0.2) is 0 Å². The fourth-order valence-electron chi connectivity index (χ4n) is 3.73. The third kappa shape index (κ3) is 3.80. The zero-order chi connectivity index (χ0) is 20.5. The molecule has 1 aromatic carbocycles. The molecule has 4 rings (SSSR count). The summed E-state index contributed by atoms with van der Waals surface area (Å²) < 4.78 is 3.31. The molecule has 3 heterocycles. The van der Waals surface area contributed by atoms with E-state index in [-0.39, 0.29) is 17.2 Å². The first-order valence-corrected chi connectivity index (χ1v) is 9.92. The van der Waals surface area contributed by atoms with Crippen molar-refractivity contribution in [1.82, 2.24) is 24.0 Å². The summed E-state index contributed by atoms with van der Waals surface area (Å²) >= 11 is 0. The van der Waals surface area contributed by atoms with E-state index in [2.05, 4.69) is 19.8 Å². The largest absolute Gasteiger partial charge is 0.369 e. The lowest BCUT2D eigenvalue weighted by molar-refractivity contribution is 0.243. The van der Waals surface area contributed by atoms with E-state index in [1.54, 1.807) is 28.7 Å². The molecule has 152 valence electrons. The molecular weight excluding hydrogens is 368 g/mol. The molecule has 0 unspecified atom stereocenters. The summed E-state index contributed by atoms with van der Waals surface area (Å²) in [6.07, 6.45) is 4.73. The van der Waals surface area contributed by atoms with Crippen molar-refractivity contribution in [3.63, 3.8) is 0 Å². The molecular formula is C21H26N6O2. The Morgan fingerprint density at radius 2 is 1.83 bits per heavy atom. The number of hydrogen-bond acceptors (Lipinski definition) is 6. The lowest BCUT2D eigenvalue weighted by atomic mass is 10.2. The molecule has 0 bridgehead atoms. The average Bonchev–Trinajstić information content (AvgIpc) is 2.72. The maximum atomic E-state index is 12.6. The summed E-state index contributed by atoms with van der Waals surface area (Å²) in [5, 5.41) is 0.654. The number of hydrogen-bond donors (Lipinski definition) is 0. The van der Waals surface area contributed by atoms with Crippen LogP contribution < -0.4 is 16.0 Å². The summed E-state index contributed by atoms with van der Waals surface area (Å²) in [7, 11) is 1.78. The summed E-state index contributed by atoms with van der Waals surface area (Å²) in [5.74, 6) is 0. The highest BCUT2D eigenvalue weighted by atomic mass is 16.1. The Balaban J connectivity index is 1.47. The third-order valence-electron chi connectivity index (χ3n) is 5.62. The normalized spacial score (nSPS) is 15.4. The first-order valence-electron chi connectivity index (χ1n) is 9.92. The summed E-state index contributed by atoms with van der Waals surface area (Å²) in [5.41, 5.74) is 2.66. The van der Waals surface area contributed by atoms with Crippen LogP contribution in [-0.2, 0) is 13.6 Å². The first-order chi connectivity index (χ1) is 13.9. The Kier molecular flexibility index (Phi) is 5.19. The van der Waals surface area contributed by atoms with Crippen LogP contribution in [0.4, 0.5) is 5.69 Å². The minimum atomic E-state index is -0.0821. The molecule has 2 aromatic heterocycles. The van der Waals surface area contributed by atoms with Crippen LogP contribution in [0.15, 0.2) is 46.5 Å². The van der Waals surface area contributed by atoms with Crippen LogP contribution in [0.5, 0.6) is 0 Å². The van der Waals surface area contributed by atoms with Gasteiger partial charge in [-0.2, -0.15) is 0 Å². The predicted molar refractivity (Wildman–Crippen MR) is 113 cm³/mol. The van der Waals surface area contributed by atoms with Crippen LogP contribution in [0.3, 0.4) is 0 Å². The smallest absolute Gasteiger partial charge is 0.268 e. The highest BCUT2D eigenvalue weighted by Gasteiger charge is 2.19. The Labute approximate surface area is 169 Å². The topological polar surface area (TPSA) is 76.3 Å². The van der Waals surface area contributed by atoms with Crippen molar-refractivity contribution in [3.8, 4) is 0 Å². The summed E-state index contributed by atoms with van der Waals surface area (Å²) in [4.78, 5) is 37.5. The van der Waals surface area contributed by atoms with Crippen molar-refractivity contribution in [1.29, 1.82) is 0 Å². The number of fused-ring (bicyclic) bond motifs is 1. The van der Waals surface area contributed by atoms with E-state index in [4.69, 9.17) is 0 Å². The van der Waals surface area contributed by atoms with Gasteiger partial charge in [-0.25, -0.2) is 4.98 Å². The van der Waals surface area contributed by atoms with E-state index < -0.39 is 0 Å². The summed E-state index contributed by atoms with van der Waals surface area (Å²) in [6, 6.07) is 5.99. The van der Waals surface area contributed by atoms with Gasteiger partial charge in [0, 0.05) is 57.7 Å². The quantitative estimate of drug-likeness (QED) is 0.666. The second kappa shape index (κ2) is 7.79. The fraction of sp³-hybridized carbons (Fsp3) is 0.429. The molecule has 3 aromatic rings. The van der Waals surface area contributed by atoms with E-state index in [9.17, 15) is 9.59 Å². The number of anilines is 1. The maximum absolute atomic E-state index is 12.6. The van der Waals surface area contributed by atoms with Crippen molar-refractivity contribution in [2.75, 3.05) is 31.1 Å². The van der Waals surface area contributed by atoms with Crippen LogP contribution >= 0.6 is 0 Å². The Morgan fingerprint density at radius 1 is 1.07 bits per heavy atom. The van der Waals surface area contributed by atoms with Gasteiger partial charge in [0.25, 0.3) is 11.1 Å². The molecule has 0 saturated carbocycles. The van der Waals surface area contributed by atoms with Crippen LogP contribution in [0.1, 0.15) is 25.6 Å². The molecule has 1 fully saturated rings. The standard InChI is InChI=1S/C21H26N6O2/c1-15(2)27-14-23-19-10-16(4-5-18(19)21(27)29)26-8-6-25(7-9-26)13-17-11-22-12-20(28)24(17)3/h4-5,10-12,14-15H,6-9,13H2,1-3H3. The highest BCUT2D eigenvalue weighted by Crippen LogP contribution is 2.21. The first kappa shape index (κ1) is 19.3. The van der Waals surface area contributed by atoms with Gasteiger partial charge >= 0.3 is 0 Å². The second-order valence-electron chi connectivity index (χ2n) is 7.81. The van der Waals surface area contributed by atoms with Crippen LogP contribution in [0, 0.1) is 0 Å². The zero-order valence-electron chi connectivity index (χ0n) is 17.1. The Hall–Kier alpha value is -3.00. The van der Waals surface area contributed by atoms with Crippen molar-refractivity contribution in [2.45, 2.75) is 26.4 Å². The van der Waals surface area contributed by atoms with E-state index in [1.165, 1.54) is 6.20 Å². The van der Waals surface area contributed by atoms with E-state index in [0.717, 1.165) is 43.1 Å². The Morgan fingerprint density at radius 3 is 2.55 bits per heavy atom. The third-order valence-corrected chi connectivity index (χ3v) is 5.62. The minimum absolute atomic E-state index is 0.00320. The number of benzene rings is 1. The van der Waals surface area contributed by atoms with Crippen molar-refractivity contribution in [2.24, 2.45) is 7.05 Å². The predicted octanol–water partition coefficient (Wildman–Crippen LogP) is 1.39.